The van der Waals surface area contributed by atoms with Crippen molar-refractivity contribution in [2.24, 2.45) is 5.92 Å². The van der Waals surface area contributed by atoms with E-state index in [0.717, 1.165) is 12.2 Å². The molecule has 0 aromatic carbocycles. The topological polar surface area (TPSA) is 22.1 Å². The minimum Gasteiger partial charge on any atom is -0.376 e. The Morgan fingerprint density at radius 1 is 1.53 bits per heavy atom. The van der Waals surface area contributed by atoms with Crippen LogP contribution in [0, 0.1) is 5.92 Å². The second-order valence-electron chi connectivity index (χ2n) is 3.90. The predicted octanol–water partition coefficient (Wildman–Crippen LogP) is 3.69. The molecule has 0 bridgehead atoms. The molecule has 1 aromatic rings. The molecule has 1 heterocycles. The van der Waals surface area contributed by atoms with E-state index in [1.54, 1.807) is 6.20 Å². The second kappa shape index (κ2) is 6.81. The maximum atomic E-state index is 5.77. The quantitative estimate of drug-likeness (QED) is 0.692. The average molecular weight is 228 g/mol. The Morgan fingerprint density at radius 2 is 2.33 bits per heavy atom. The summed E-state index contributed by atoms with van der Waals surface area (Å²) in [6, 6.07) is 3.77. The third kappa shape index (κ3) is 5.14. The highest BCUT2D eigenvalue weighted by Crippen LogP contribution is 2.10. The maximum absolute atomic E-state index is 5.77. The van der Waals surface area contributed by atoms with Crippen molar-refractivity contribution in [1.82, 2.24) is 4.98 Å². The molecule has 0 aliphatic carbocycles. The van der Waals surface area contributed by atoms with E-state index in [1.807, 2.05) is 12.1 Å². The molecule has 0 saturated heterocycles. The van der Waals surface area contributed by atoms with Crippen molar-refractivity contribution in [1.29, 1.82) is 0 Å². The van der Waals surface area contributed by atoms with Gasteiger partial charge in [0.05, 0.1) is 6.61 Å². The summed E-state index contributed by atoms with van der Waals surface area (Å²) >= 11 is 5.77. The number of halogens is 1. The molecule has 0 saturated carbocycles. The van der Waals surface area contributed by atoms with Crippen LogP contribution in [0.3, 0.4) is 0 Å². The Morgan fingerprint density at radius 3 is 3.00 bits per heavy atom. The fraction of sp³-hybridized carbons (Fsp3) is 0.583. The van der Waals surface area contributed by atoms with E-state index in [4.69, 9.17) is 16.3 Å². The second-order valence-corrected chi connectivity index (χ2v) is 4.28. The summed E-state index contributed by atoms with van der Waals surface area (Å²) in [6.45, 7) is 5.84. The van der Waals surface area contributed by atoms with Gasteiger partial charge in [-0.1, -0.05) is 31.9 Å². The molecule has 1 aromatic heterocycles. The number of ether oxygens (including phenoxy) is 1. The Bertz CT molecular complexity index is 291. The molecule has 0 amide bonds. The van der Waals surface area contributed by atoms with Gasteiger partial charge in [0.1, 0.15) is 5.15 Å². The van der Waals surface area contributed by atoms with E-state index in [0.29, 0.717) is 17.7 Å². The van der Waals surface area contributed by atoms with Gasteiger partial charge in [-0.3, -0.25) is 0 Å². The van der Waals surface area contributed by atoms with Crippen LogP contribution in [-0.2, 0) is 11.3 Å². The van der Waals surface area contributed by atoms with Gasteiger partial charge in [0.25, 0.3) is 0 Å². The molecule has 84 valence electrons. The van der Waals surface area contributed by atoms with Crippen LogP contribution in [0.4, 0.5) is 0 Å². The van der Waals surface area contributed by atoms with Gasteiger partial charge in [-0.15, -0.1) is 0 Å². The number of pyridine rings is 1. The molecule has 2 nitrogen and oxygen atoms in total. The largest absolute Gasteiger partial charge is 0.376 e. The zero-order valence-corrected chi connectivity index (χ0v) is 10.1. The summed E-state index contributed by atoms with van der Waals surface area (Å²) < 4.78 is 5.60. The lowest BCUT2D eigenvalue weighted by Gasteiger charge is -2.10. The zero-order chi connectivity index (χ0) is 11.1. The third-order valence-corrected chi connectivity index (χ3v) is 2.45. The molecule has 0 spiro atoms. The summed E-state index contributed by atoms with van der Waals surface area (Å²) in [5.74, 6) is 0.632. The van der Waals surface area contributed by atoms with Crippen LogP contribution in [0.25, 0.3) is 0 Å². The summed E-state index contributed by atoms with van der Waals surface area (Å²) in [5, 5.41) is 0.526. The van der Waals surface area contributed by atoms with E-state index in [2.05, 4.69) is 18.8 Å². The van der Waals surface area contributed by atoms with E-state index in [1.165, 1.54) is 12.8 Å². The van der Waals surface area contributed by atoms with Gasteiger partial charge in [-0.2, -0.15) is 0 Å². The standard InChI is InChI=1S/C12H18ClNO/c1-3-4-10(2)8-15-9-11-5-6-14-12(13)7-11/h5-7,10H,3-4,8-9H2,1-2H3. The monoisotopic (exact) mass is 227 g/mol. The van der Waals surface area contributed by atoms with Crippen LogP contribution in [0.15, 0.2) is 18.3 Å². The fourth-order valence-corrected chi connectivity index (χ4v) is 1.68. The number of hydrogen-bond acceptors (Lipinski definition) is 2. The number of rotatable bonds is 6. The first-order valence-electron chi connectivity index (χ1n) is 5.40. The van der Waals surface area contributed by atoms with E-state index >= 15 is 0 Å². The van der Waals surface area contributed by atoms with Gasteiger partial charge >= 0.3 is 0 Å². The minimum absolute atomic E-state index is 0.526. The van der Waals surface area contributed by atoms with Crippen molar-refractivity contribution in [3.8, 4) is 0 Å². The van der Waals surface area contributed by atoms with Gasteiger partial charge in [-0.25, -0.2) is 4.98 Å². The van der Waals surface area contributed by atoms with Gasteiger partial charge in [-0.05, 0) is 30.0 Å². The van der Waals surface area contributed by atoms with Crippen molar-refractivity contribution in [2.45, 2.75) is 33.3 Å². The van der Waals surface area contributed by atoms with E-state index in [9.17, 15) is 0 Å². The maximum Gasteiger partial charge on any atom is 0.129 e. The molecule has 1 atom stereocenters. The molecule has 0 fully saturated rings. The first-order valence-corrected chi connectivity index (χ1v) is 5.78. The van der Waals surface area contributed by atoms with Crippen LogP contribution in [0.1, 0.15) is 32.3 Å². The van der Waals surface area contributed by atoms with Crippen molar-refractivity contribution < 1.29 is 4.74 Å². The summed E-state index contributed by atoms with van der Waals surface area (Å²) in [7, 11) is 0. The Labute approximate surface area is 96.6 Å². The third-order valence-electron chi connectivity index (χ3n) is 2.24. The minimum atomic E-state index is 0.526. The van der Waals surface area contributed by atoms with Crippen LogP contribution >= 0.6 is 11.6 Å². The molecule has 1 unspecified atom stereocenters. The molecule has 15 heavy (non-hydrogen) atoms. The smallest absolute Gasteiger partial charge is 0.129 e. The predicted molar refractivity (Wildman–Crippen MR) is 63.0 cm³/mol. The average Bonchev–Trinajstić information content (AvgIpc) is 2.18. The molecule has 0 aliphatic heterocycles. The summed E-state index contributed by atoms with van der Waals surface area (Å²) in [4.78, 5) is 3.92. The lowest BCUT2D eigenvalue weighted by Crippen LogP contribution is -2.05. The zero-order valence-electron chi connectivity index (χ0n) is 9.37. The van der Waals surface area contributed by atoms with Crippen molar-refractivity contribution in [3.63, 3.8) is 0 Å². The molecular weight excluding hydrogens is 210 g/mol. The highest BCUT2D eigenvalue weighted by molar-refractivity contribution is 6.29. The molecule has 0 aliphatic rings. The Kier molecular flexibility index (Phi) is 5.66. The van der Waals surface area contributed by atoms with Crippen LogP contribution in [-0.4, -0.2) is 11.6 Å². The molecule has 0 radical (unpaired) electrons. The molecule has 0 N–H and O–H groups in total. The van der Waals surface area contributed by atoms with E-state index < -0.39 is 0 Å². The van der Waals surface area contributed by atoms with Crippen molar-refractivity contribution >= 4 is 11.6 Å². The van der Waals surface area contributed by atoms with Crippen LogP contribution in [0.5, 0.6) is 0 Å². The Hall–Kier alpha value is -0.600. The van der Waals surface area contributed by atoms with Crippen LogP contribution < -0.4 is 0 Å². The number of aromatic nitrogens is 1. The van der Waals surface area contributed by atoms with Gasteiger partial charge in [0.15, 0.2) is 0 Å². The van der Waals surface area contributed by atoms with Gasteiger partial charge in [0, 0.05) is 12.8 Å². The van der Waals surface area contributed by atoms with Crippen LogP contribution in [0.2, 0.25) is 5.15 Å². The van der Waals surface area contributed by atoms with Gasteiger partial charge in [0.2, 0.25) is 0 Å². The first-order chi connectivity index (χ1) is 7.22. The van der Waals surface area contributed by atoms with E-state index in [-0.39, 0.29) is 0 Å². The highest BCUT2D eigenvalue weighted by atomic mass is 35.5. The lowest BCUT2D eigenvalue weighted by molar-refractivity contribution is 0.0893. The lowest BCUT2D eigenvalue weighted by atomic mass is 10.1. The molecule has 3 heteroatoms. The SMILES string of the molecule is CCCC(C)COCc1ccnc(Cl)c1. The number of hydrogen-bond donors (Lipinski definition) is 0. The summed E-state index contributed by atoms with van der Waals surface area (Å²) in [5.41, 5.74) is 1.08. The normalized spacial score (nSPS) is 12.7. The van der Waals surface area contributed by atoms with Crippen molar-refractivity contribution in [2.75, 3.05) is 6.61 Å². The van der Waals surface area contributed by atoms with Gasteiger partial charge < -0.3 is 4.74 Å². The Balaban J connectivity index is 2.25. The van der Waals surface area contributed by atoms with Crippen molar-refractivity contribution in [3.05, 3.63) is 29.0 Å². The summed E-state index contributed by atoms with van der Waals surface area (Å²) in [6.07, 6.45) is 4.14. The first kappa shape index (κ1) is 12.5. The number of nitrogens with zero attached hydrogens (tertiary/aromatic N) is 1. The fourth-order valence-electron chi connectivity index (χ4n) is 1.49. The molecular formula is C12H18ClNO. The highest BCUT2D eigenvalue weighted by Gasteiger charge is 2.01. The molecule has 1 rings (SSSR count).